The Hall–Kier alpha value is -0.965. The zero-order valence-corrected chi connectivity index (χ0v) is 12.0. The summed E-state index contributed by atoms with van der Waals surface area (Å²) in [5.74, 6) is 0. The molecule has 1 aromatic rings. The quantitative estimate of drug-likeness (QED) is 0.411. The second-order valence-corrected chi connectivity index (χ2v) is 5.23. The zero-order chi connectivity index (χ0) is 15.5. The second kappa shape index (κ2) is 6.43. The molecule has 0 bridgehead atoms. The van der Waals surface area contributed by atoms with Crippen molar-refractivity contribution in [2.45, 2.75) is 31.1 Å². The summed E-state index contributed by atoms with van der Waals surface area (Å²) in [6, 6.07) is 0. The van der Waals surface area contributed by atoms with Crippen LogP contribution in [0.4, 0.5) is 0 Å². The lowest BCUT2D eigenvalue weighted by Gasteiger charge is -2.39. The summed E-state index contributed by atoms with van der Waals surface area (Å²) in [6.45, 7) is 0.390. The minimum atomic E-state index is -1.58. The van der Waals surface area contributed by atoms with Gasteiger partial charge in [-0.15, -0.1) is 0 Å². The van der Waals surface area contributed by atoms with Crippen LogP contribution in [-0.4, -0.2) is 75.0 Å². The predicted molar refractivity (Wildman–Crippen MR) is 73.9 cm³/mol. The Morgan fingerprint density at radius 1 is 1.10 bits per heavy atom. The van der Waals surface area contributed by atoms with Gasteiger partial charge in [-0.25, -0.2) is 0 Å². The average molecular weight is 300 g/mol. The molecule has 0 radical (unpaired) electrons. The van der Waals surface area contributed by atoms with Gasteiger partial charge in [0.25, 0.3) is 0 Å². The van der Waals surface area contributed by atoms with Crippen molar-refractivity contribution in [3.05, 3.63) is 12.4 Å². The van der Waals surface area contributed by atoms with Crippen molar-refractivity contribution in [1.29, 1.82) is 0 Å². The maximum Gasteiger partial charge on any atom is 0.498 e. The highest BCUT2D eigenvalue weighted by molar-refractivity contribution is 6.62. The minimum Gasteiger partial charge on any atom is -0.394 e. The molecule has 9 heteroatoms. The highest BCUT2D eigenvalue weighted by Gasteiger charge is 2.62. The Morgan fingerprint density at radius 3 is 2.05 bits per heavy atom. The molecule has 2 rings (SSSR count). The van der Waals surface area contributed by atoms with E-state index in [1.165, 1.54) is 0 Å². The van der Waals surface area contributed by atoms with Crippen LogP contribution in [0.1, 0.15) is 13.3 Å². The van der Waals surface area contributed by atoms with Gasteiger partial charge in [0.05, 0.1) is 26.4 Å². The fraction of sp³-hybridized carbons (Fsp3) is 0.750. The summed E-state index contributed by atoms with van der Waals surface area (Å²) in [4.78, 5) is 0. The van der Waals surface area contributed by atoms with E-state index in [2.05, 4.69) is 5.10 Å². The van der Waals surface area contributed by atoms with Gasteiger partial charge in [0.2, 0.25) is 0 Å². The number of rotatable bonds is 7. The van der Waals surface area contributed by atoms with Crippen molar-refractivity contribution in [2.24, 2.45) is 0 Å². The number of aliphatic hydroxyl groups is 4. The molecule has 0 saturated carbocycles. The summed E-state index contributed by atoms with van der Waals surface area (Å²) in [7, 11) is -0.922. The first-order valence-electron chi connectivity index (χ1n) is 6.91. The summed E-state index contributed by atoms with van der Waals surface area (Å²) in [5, 5.41) is 42.4. The molecular formula is C12H21BN2O6. The number of aromatic nitrogens is 2. The van der Waals surface area contributed by atoms with Crippen molar-refractivity contribution in [3.8, 4) is 0 Å². The molecule has 1 aromatic heterocycles. The molecule has 1 saturated heterocycles. The Balaban J connectivity index is 2.27. The number of aliphatic hydroxyl groups excluding tert-OH is 4. The Morgan fingerprint density at radius 2 is 1.62 bits per heavy atom. The lowest BCUT2D eigenvalue weighted by atomic mass is 9.82. The topological polar surface area (TPSA) is 117 Å². The number of hydrogen-bond acceptors (Lipinski definition) is 7. The summed E-state index contributed by atoms with van der Waals surface area (Å²) in [6.07, 6.45) is 4.21. The molecule has 1 aliphatic heterocycles. The molecule has 0 aliphatic carbocycles. The molecular weight excluding hydrogens is 279 g/mol. The van der Waals surface area contributed by atoms with E-state index < -0.39 is 44.7 Å². The fourth-order valence-electron chi connectivity index (χ4n) is 2.46. The van der Waals surface area contributed by atoms with Crippen LogP contribution in [0.15, 0.2) is 12.4 Å². The highest BCUT2D eigenvalue weighted by Crippen LogP contribution is 2.37. The first-order valence-corrected chi connectivity index (χ1v) is 6.91. The van der Waals surface area contributed by atoms with E-state index in [9.17, 15) is 20.4 Å². The average Bonchev–Trinajstić information content (AvgIpc) is 3.10. The first kappa shape index (κ1) is 16.4. The van der Waals surface area contributed by atoms with Gasteiger partial charge < -0.3 is 29.7 Å². The molecule has 1 fully saturated rings. The van der Waals surface area contributed by atoms with Crippen molar-refractivity contribution < 1.29 is 29.7 Å². The second-order valence-electron chi connectivity index (χ2n) is 5.23. The van der Waals surface area contributed by atoms with E-state index in [0.29, 0.717) is 5.46 Å². The molecule has 2 heterocycles. The molecule has 0 unspecified atom stereocenters. The normalized spacial score (nSPS) is 20.1. The van der Waals surface area contributed by atoms with Crippen molar-refractivity contribution in [3.63, 3.8) is 0 Å². The van der Waals surface area contributed by atoms with E-state index in [1.54, 1.807) is 17.1 Å². The highest BCUT2D eigenvalue weighted by atomic mass is 16.7. The Labute approximate surface area is 123 Å². The van der Waals surface area contributed by atoms with Gasteiger partial charge in [-0.05, 0) is 6.42 Å². The maximum atomic E-state index is 9.56. The van der Waals surface area contributed by atoms with Crippen LogP contribution in [0, 0.1) is 0 Å². The summed E-state index contributed by atoms with van der Waals surface area (Å²) in [5.41, 5.74) is -2.55. The number of nitrogens with zero attached hydrogens (tertiary/aromatic N) is 2. The van der Waals surface area contributed by atoms with E-state index in [-0.39, 0.29) is 0 Å². The van der Waals surface area contributed by atoms with Crippen LogP contribution in [0.5, 0.6) is 0 Å². The van der Waals surface area contributed by atoms with Gasteiger partial charge in [0.15, 0.2) is 0 Å². The van der Waals surface area contributed by atoms with Gasteiger partial charge in [0, 0.05) is 24.4 Å². The van der Waals surface area contributed by atoms with Gasteiger partial charge in [-0.1, -0.05) is 6.92 Å². The maximum absolute atomic E-state index is 9.56. The van der Waals surface area contributed by atoms with Gasteiger partial charge in [0.1, 0.15) is 11.2 Å². The SMILES string of the molecule is CCCn1cc(B2OC(CO)(CO)C(CO)(CO)O2)cn1. The van der Waals surface area contributed by atoms with Crippen molar-refractivity contribution in [1.82, 2.24) is 9.78 Å². The molecule has 1 aliphatic rings. The summed E-state index contributed by atoms with van der Waals surface area (Å²) >= 11 is 0. The third-order valence-electron chi connectivity index (χ3n) is 3.90. The van der Waals surface area contributed by atoms with Gasteiger partial charge >= 0.3 is 7.12 Å². The van der Waals surface area contributed by atoms with Crippen LogP contribution in [0.3, 0.4) is 0 Å². The lowest BCUT2D eigenvalue weighted by molar-refractivity contribution is -0.147. The predicted octanol–water partition coefficient (Wildman–Crippen LogP) is -2.52. The lowest BCUT2D eigenvalue weighted by Crippen LogP contribution is -2.61. The number of aryl methyl sites for hydroxylation is 1. The Bertz CT molecular complexity index is 440. The van der Waals surface area contributed by atoms with E-state index in [4.69, 9.17) is 9.31 Å². The molecule has 0 atom stereocenters. The van der Waals surface area contributed by atoms with Crippen LogP contribution < -0.4 is 5.46 Å². The van der Waals surface area contributed by atoms with E-state index in [0.717, 1.165) is 13.0 Å². The molecule has 118 valence electrons. The summed E-state index contributed by atoms with van der Waals surface area (Å²) < 4.78 is 13.0. The van der Waals surface area contributed by atoms with Crippen LogP contribution in [0.25, 0.3) is 0 Å². The third-order valence-corrected chi connectivity index (χ3v) is 3.90. The molecule has 8 nitrogen and oxygen atoms in total. The fourth-order valence-corrected chi connectivity index (χ4v) is 2.46. The molecule has 21 heavy (non-hydrogen) atoms. The molecule has 0 amide bonds. The van der Waals surface area contributed by atoms with Crippen LogP contribution >= 0.6 is 0 Å². The van der Waals surface area contributed by atoms with Gasteiger partial charge in [-0.2, -0.15) is 5.10 Å². The van der Waals surface area contributed by atoms with Crippen LogP contribution in [0.2, 0.25) is 0 Å². The molecule has 0 spiro atoms. The minimum absolute atomic E-state index is 0.593. The van der Waals surface area contributed by atoms with Crippen molar-refractivity contribution in [2.75, 3.05) is 26.4 Å². The third kappa shape index (κ3) is 2.61. The molecule has 4 N–H and O–H groups in total. The van der Waals surface area contributed by atoms with E-state index in [1.807, 2.05) is 6.92 Å². The van der Waals surface area contributed by atoms with Crippen LogP contribution in [-0.2, 0) is 15.9 Å². The zero-order valence-electron chi connectivity index (χ0n) is 12.0. The van der Waals surface area contributed by atoms with E-state index >= 15 is 0 Å². The first-order chi connectivity index (χ1) is 10.1. The number of hydrogen-bond donors (Lipinski definition) is 4. The molecule has 0 aromatic carbocycles. The Kier molecular flexibility index (Phi) is 5.02. The van der Waals surface area contributed by atoms with Gasteiger partial charge in [-0.3, -0.25) is 4.68 Å². The van der Waals surface area contributed by atoms with Crippen molar-refractivity contribution >= 4 is 12.6 Å². The smallest absolute Gasteiger partial charge is 0.394 e. The monoisotopic (exact) mass is 300 g/mol. The largest absolute Gasteiger partial charge is 0.498 e. The standard InChI is InChI=1S/C12H21BN2O6/c1-2-3-15-5-10(4-14-15)13-20-11(6-16,7-17)12(8-18,9-19)21-13/h4-5,16-19H,2-3,6-9H2,1H3.